The van der Waals surface area contributed by atoms with E-state index in [4.69, 9.17) is 0 Å². The molecule has 0 saturated carbocycles. The van der Waals surface area contributed by atoms with Crippen LogP contribution in [-0.4, -0.2) is 35.7 Å². The van der Waals surface area contributed by atoms with Gasteiger partial charge < -0.3 is 4.74 Å². The number of hydrogen-bond donors (Lipinski definition) is 0. The van der Waals surface area contributed by atoms with E-state index >= 15 is 0 Å². The molecule has 0 aromatic carbocycles. The van der Waals surface area contributed by atoms with Gasteiger partial charge in [-0.2, -0.15) is 0 Å². The van der Waals surface area contributed by atoms with Crippen molar-refractivity contribution < 1.29 is 14.3 Å². The van der Waals surface area contributed by atoms with Crippen molar-refractivity contribution in [3.8, 4) is 0 Å². The monoisotopic (exact) mass is 188 g/mol. The Balaban J connectivity index is 0. The van der Waals surface area contributed by atoms with Gasteiger partial charge in [0, 0.05) is 5.92 Å². The van der Waals surface area contributed by atoms with E-state index in [0.717, 1.165) is 0 Å². The van der Waals surface area contributed by atoms with Crippen molar-refractivity contribution in [2.45, 2.75) is 27.2 Å². The molecular formula is C8H17AlO3. The van der Waals surface area contributed by atoms with Crippen molar-refractivity contribution >= 4 is 29.1 Å². The highest BCUT2D eigenvalue weighted by molar-refractivity contribution is 5.96. The minimum atomic E-state index is -0.425. The van der Waals surface area contributed by atoms with Crippen molar-refractivity contribution in [2.75, 3.05) is 6.61 Å². The lowest BCUT2D eigenvalue weighted by atomic mass is 10.1. The van der Waals surface area contributed by atoms with Gasteiger partial charge in [0.25, 0.3) is 0 Å². The highest BCUT2D eigenvalue weighted by Gasteiger charge is 2.12. The Morgan fingerprint density at radius 1 is 1.33 bits per heavy atom. The normalized spacial score (nSPS) is 9.00. The van der Waals surface area contributed by atoms with Gasteiger partial charge in [-0.3, -0.25) is 9.59 Å². The van der Waals surface area contributed by atoms with Crippen molar-refractivity contribution in [2.24, 2.45) is 5.92 Å². The third kappa shape index (κ3) is 6.39. The zero-order valence-electron chi connectivity index (χ0n) is 7.22. The average Bonchev–Trinajstić information content (AvgIpc) is 1.87. The number of carbonyl (C=O) groups is 2. The van der Waals surface area contributed by atoms with Crippen molar-refractivity contribution in [1.82, 2.24) is 0 Å². The van der Waals surface area contributed by atoms with E-state index in [-0.39, 0.29) is 35.5 Å². The Morgan fingerprint density at radius 2 is 1.83 bits per heavy atom. The molecule has 0 rings (SSSR count). The fraction of sp³-hybridized carbons (Fsp3) is 0.750. The van der Waals surface area contributed by atoms with Gasteiger partial charge in [-0.05, 0) is 6.92 Å². The van der Waals surface area contributed by atoms with Gasteiger partial charge in [0.1, 0.15) is 12.2 Å². The van der Waals surface area contributed by atoms with Gasteiger partial charge in [0.15, 0.2) is 17.4 Å². The number of esters is 1. The van der Waals surface area contributed by atoms with Gasteiger partial charge in [0.2, 0.25) is 0 Å². The number of carbonyl (C=O) groups excluding carboxylic acids is 2. The molecule has 0 bridgehead atoms. The number of ether oxygens (including phenoxy) is 1. The van der Waals surface area contributed by atoms with E-state index in [9.17, 15) is 9.59 Å². The lowest BCUT2D eigenvalue weighted by Crippen LogP contribution is -2.15. The van der Waals surface area contributed by atoms with E-state index in [0.29, 0.717) is 6.61 Å². The standard InChI is InChI=1S/C8H14O3.Al.3H/c1-4-11-8(10)5-7(9)6(2)3;;;;/h6H,4-5H2,1-3H3;;;;. The molecule has 0 aromatic heterocycles. The van der Waals surface area contributed by atoms with E-state index in [1.807, 2.05) is 0 Å². The quantitative estimate of drug-likeness (QED) is 0.354. The average molecular weight is 188 g/mol. The maximum Gasteiger partial charge on any atom is 0.313 e. The Labute approximate surface area is 83.6 Å². The first kappa shape index (κ1) is 14.2. The summed E-state index contributed by atoms with van der Waals surface area (Å²) in [7, 11) is 0. The van der Waals surface area contributed by atoms with Crippen LogP contribution in [0.25, 0.3) is 0 Å². The molecule has 0 unspecified atom stereocenters. The highest BCUT2D eigenvalue weighted by Crippen LogP contribution is 1.99. The van der Waals surface area contributed by atoms with Gasteiger partial charge in [-0.25, -0.2) is 0 Å². The Morgan fingerprint density at radius 3 is 2.17 bits per heavy atom. The van der Waals surface area contributed by atoms with Gasteiger partial charge in [-0.1, -0.05) is 13.8 Å². The van der Waals surface area contributed by atoms with Crippen LogP contribution in [0.15, 0.2) is 0 Å². The first-order chi connectivity index (χ1) is 5.07. The zero-order chi connectivity index (χ0) is 8.85. The highest BCUT2D eigenvalue weighted by atomic mass is 27.0. The van der Waals surface area contributed by atoms with Gasteiger partial charge in [0.05, 0.1) is 6.61 Å². The fourth-order valence-corrected chi connectivity index (χ4v) is 0.558. The van der Waals surface area contributed by atoms with Crippen LogP contribution in [-0.2, 0) is 14.3 Å². The van der Waals surface area contributed by atoms with Crippen molar-refractivity contribution in [1.29, 1.82) is 0 Å². The molecule has 0 saturated heterocycles. The molecular weight excluding hydrogens is 171 g/mol. The Kier molecular flexibility index (Phi) is 8.68. The maximum atomic E-state index is 10.9. The molecule has 0 amide bonds. The lowest BCUT2D eigenvalue weighted by Gasteiger charge is -2.02. The SMILES string of the molecule is CCOC(=O)CC(=O)C(C)C.[AlH3]. The fourth-order valence-electron chi connectivity index (χ4n) is 0.558. The molecule has 0 heterocycles. The molecule has 3 nitrogen and oxygen atoms in total. The number of rotatable bonds is 4. The van der Waals surface area contributed by atoms with Gasteiger partial charge in [-0.15, -0.1) is 0 Å². The maximum absolute atomic E-state index is 10.9. The third-order valence-corrected chi connectivity index (χ3v) is 1.27. The molecule has 4 heteroatoms. The van der Waals surface area contributed by atoms with Crippen LogP contribution in [0.1, 0.15) is 27.2 Å². The second-order valence-electron chi connectivity index (χ2n) is 2.60. The summed E-state index contributed by atoms with van der Waals surface area (Å²) in [5, 5.41) is 0. The predicted molar refractivity (Wildman–Crippen MR) is 51.0 cm³/mol. The third-order valence-electron chi connectivity index (χ3n) is 1.27. The zero-order valence-corrected chi connectivity index (χ0v) is 7.22. The molecule has 0 aliphatic heterocycles. The molecule has 0 aliphatic carbocycles. The lowest BCUT2D eigenvalue weighted by molar-refractivity contribution is -0.146. The van der Waals surface area contributed by atoms with Crippen molar-refractivity contribution in [3.63, 3.8) is 0 Å². The predicted octanol–water partition coefficient (Wildman–Crippen LogP) is -0.0192. The van der Waals surface area contributed by atoms with Crippen LogP contribution < -0.4 is 0 Å². The van der Waals surface area contributed by atoms with Crippen LogP contribution >= 0.6 is 0 Å². The van der Waals surface area contributed by atoms with Crippen molar-refractivity contribution in [3.05, 3.63) is 0 Å². The molecule has 0 fully saturated rings. The summed E-state index contributed by atoms with van der Waals surface area (Å²) in [5.41, 5.74) is 0. The minimum absolute atomic E-state index is 0. The molecule has 70 valence electrons. The molecule has 0 N–H and O–H groups in total. The topological polar surface area (TPSA) is 43.4 Å². The van der Waals surface area contributed by atoms with E-state index in [2.05, 4.69) is 4.74 Å². The molecule has 0 aliphatic rings. The molecule has 0 aromatic rings. The molecule has 12 heavy (non-hydrogen) atoms. The summed E-state index contributed by atoms with van der Waals surface area (Å²) >= 11 is 0. The number of ketones is 1. The summed E-state index contributed by atoms with van der Waals surface area (Å²) in [6.45, 7) is 5.59. The van der Waals surface area contributed by atoms with Crippen LogP contribution in [0.4, 0.5) is 0 Å². The van der Waals surface area contributed by atoms with E-state index in [1.165, 1.54) is 0 Å². The van der Waals surface area contributed by atoms with Crippen LogP contribution in [0.2, 0.25) is 0 Å². The largest absolute Gasteiger partial charge is 0.466 e. The summed E-state index contributed by atoms with van der Waals surface area (Å²) in [6.07, 6.45) is -0.0918. The molecule has 0 atom stereocenters. The Bertz CT molecular complexity index is 154. The van der Waals surface area contributed by atoms with Gasteiger partial charge >= 0.3 is 5.97 Å². The number of Topliss-reactive ketones (excluding diaryl/α,β-unsaturated/α-hetero) is 1. The van der Waals surface area contributed by atoms with E-state index < -0.39 is 5.97 Å². The Hall–Kier alpha value is -0.328. The summed E-state index contributed by atoms with van der Waals surface area (Å²) in [4.78, 5) is 21.6. The smallest absolute Gasteiger partial charge is 0.313 e. The van der Waals surface area contributed by atoms with Crippen LogP contribution in [0.5, 0.6) is 0 Å². The molecule has 0 spiro atoms. The first-order valence-corrected chi connectivity index (χ1v) is 3.76. The number of hydrogen-bond acceptors (Lipinski definition) is 3. The second-order valence-corrected chi connectivity index (χ2v) is 2.60. The summed E-state index contributed by atoms with van der Waals surface area (Å²) in [6, 6.07) is 0. The summed E-state index contributed by atoms with van der Waals surface area (Å²) in [5.74, 6) is -0.575. The summed E-state index contributed by atoms with van der Waals surface area (Å²) < 4.78 is 4.60. The van der Waals surface area contributed by atoms with E-state index in [1.54, 1.807) is 20.8 Å². The molecule has 0 radical (unpaired) electrons. The second kappa shape index (κ2) is 7.33. The first-order valence-electron chi connectivity index (χ1n) is 3.76. The minimum Gasteiger partial charge on any atom is -0.466 e. The van der Waals surface area contributed by atoms with Crippen LogP contribution in [0, 0.1) is 5.92 Å². The van der Waals surface area contributed by atoms with Crippen LogP contribution in [0.3, 0.4) is 0 Å².